The van der Waals surface area contributed by atoms with E-state index in [9.17, 15) is 0 Å². The van der Waals surface area contributed by atoms with Gasteiger partial charge in [-0.15, -0.1) is 24.0 Å². The van der Waals surface area contributed by atoms with Crippen LogP contribution in [-0.2, 0) is 11.3 Å². The minimum atomic E-state index is 0. The average Bonchev–Trinajstić information content (AvgIpc) is 3.23. The maximum Gasteiger partial charge on any atom is 0.194 e. The predicted octanol–water partition coefficient (Wildman–Crippen LogP) is 2.60. The molecule has 6 nitrogen and oxygen atoms in total. The third-order valence-corrected chi connectivity index (χ3v) is 4.72. The van der Waals surface area contributed by atoms with Gasteiger partial charge in [-0.2, -0.15) is 0 Å². The van der Waals surface area contributed by atoms with Crippen molar-refractivity contribution in [2.75, 3.05) is 33.4 Å². The second-order valence-electron chi connectivity index (χ2n) is 6.75. The van der Waals surface area contributed by atoms with Gasteiger partial charge in [0, 0.05) is 38.2 Å². The molecule has 1 aromatic heterocycles. The normalized spacial score (nSPS) is 24.5. The molecule has 23 heavy (non-hydrogen) atoms. The van der Waals surface area contributed by atoms with Crippen molar-refractivity contribution in [3.63, 3.8) is 0 Å². The number of hydrogen-bond acceptors (Lipinski definition) is 4. The van der Waals surface area contributed by atoms with Crippen LogP contribution in [0.4, 0.5) is 0 Å². The van der Waals surface area contributed by atoms with E-state index >= 15 is 0 Å². The molecule has 0 saturated carbocycles. The lowest BCUT2D eigenvalue weighted by atomic mass is 9.87. The molecule has 3 rings (SSSR count). The maximum atomic E-state index is 5.59. The van der Waals surface area contributed by atoms with Crippen molar-refractivity contribution in [1.29, 1.82) is 0 Å². The van der Waals surface area contributed by atoms with Gasteiger partial charge in [0.05, 0.1) is 18.8 Å². The lowest BCUT2D eigenvalue weighted by Crippen LogP contribution is -2.41. The van der Waals surface area contributed by atoms with Gasteiger partial charge in [0.2, 0.25) is 0 Å². The van der Waals surface area contributed by atoms with Crippen LogP contribution in [0.5, 0.6) is 0 Å². The highest BCUT2D eigenvalue weighted by molar-refractivity contribution is 14.0. The summed E-state index contributed by atoms with van der Waals surface area (Å²) in [5, 5.41) is 7.48. The first-order valence-electron chi connectivity index (χ1n) is 8.11. The van der Waals surface area contributed by atoms with Gasteiger partial charge in [-0.25, -0.2) is 0 Å². The van der Waals surface area contributed by atoms with Gasteiger partial charge < -0.3 is 19.5 Å². The first-order valence-corrected chi connectivity index (χ1v) is 8.11. The molecule has 0 aromatic carbocycles. The lowest BCUT2D eigenvalue weighted by Gasteiger charge is -2.24. The second-order valence-corrected chi connectivity index (χ2v) is 6.75. The zero-order chi connectivity index (χ0) is 15.6. The van der Waals surface area contributed by atoms with Gasteiger partial charge in [-0.3, -0.25) is 4.99 Å². The molecule has 2 saturated heterocycles. The predicted molar refractivity (Wildman–Crippen MR) is 100 cm³/mol. The Morgan fingerprint density at radius 3 is 2.91 bits per heavy atom. The largest absolute Gasteiger partial charge is 0.381 e. The number of guanidine groups is 1. The van der Waals surface area contributed by atoms with Crippen LogP contribution >= 0.6 is 24.0 Å². The number of likely N-dealkylation sites (tertiary alicyclic amines) is 1. The minimum absolute atomic E-state index is 0. The minimum Gasteiger partial charge on any atom is -0.381 e. The molecular weight excluding hydrogens is 407 g/mol. The van der Waals surface area contributed by atoms with E-state index in [-0.39, 0.29) is 24.0 Å². The summed E-state index contributed by atoms with van der Waals surface area (Å²) in [5.41, 5.74) is 1.34. The average molecular weight is 434 g/mol. The van der Waals surface area contributed by atoms with Crippen LogP contribution in [-0.4, -0.2) is 49.4 Å². The van der Waals surface area contributed by atoms with Crippen LogP contribution in [0.1, 0.15) is 44.1 Å². The molecule has 1 N–H and O–H groups in total. The Morgan fingerprint density at radius 1 is 1.48 bits per heavy atom. The topological polar surface area (TPSA) is 62.9 Å². The molecule has 1 atom stereocenters. The van der Waals surface area contributed by atoms with E-state index in [1.165, 1.54) is 12.8 Å². The summed E-state index contributed by atoms with van der Waals surface area (Å²) in [6.45, 7) is 8.70. The number of nitrogens with one attached hydrogen (secondary N) is 1. The van der Waals surface area contributed by atoms with Crippen molar-refractivity contribution in [2.24, 2.45) is 10.4 Å². The van der Waals surface area contributed by atoms with Gasteiger partial charge in [0.1, 0.15) is 0 Å². The summed E-state index contributed by atoms with van der Waals surface area (Å²) in [4.78, 5) is 6.74. The van der Waals surface area contributed by atoms with Crippen molar-refractivity contribution >= 4 is 29.9 Å². The fourth-order valence-corrected chi connectivity index (χ4v) is 3.27. The molecule has 0 aliphatic carbocycles. The number of hydrogen-bond donors (Lipinski definition) is 1. The first-order chi connectivity index (χ1) is 10.6. The number of aromatic nitrogens is 1. The molecule has 7 heteroatoms. The van der Waals surface area contributed by atoms with E-state index < -0.39 is 0 Å². The number of aliphatic imine (C=N–C) groups is 1. The Bertz CT molecular complexity index is 538. The van der Waals surface area contributed by atoms with Crippen molar-refractivity contribution in [1.82, 2.24) is 15.4 Å². The highest BCUT2D eigenvalue weighted by Crippen LogP contribution is 2.38. The van der Waals surface area contributed by atoms with Crippen LogP contribution in [0.25, 0.3) is 0 Å². The number of ether oxygens (including phenoxy) is 1. The SMILES string of the molecule is CN=C(NCc1cc(C(C)C)no1)N1CCC2(CCOC2)C1.I. The number of halogens is 1. The fraction of sp³-hybridized carbons (Fsp3) is 0.750. The Balaban J connectivity index is 0.00000192. The van der Waals surface area contributed by atoms with Crippen LogP contribution in [0.3, 0.4) is 0 Å². The molecule has 2 aliphatic rings. The summed E-state index contributed by atoms with van der Waals surface area (Å²) in [6.07, 6.45) is 2.36. The van der Waals surface area contributed by atoms with Gasteiger partial charge in [0.25, 0.3) is 0 Å². The molecule has 1 unspecified atom stereocenters. The summed E-state index contributed by atoms with van der Waals surface area (Å²) in [5.74, 6) is 2.17. The van der Waals surface area contributed by atoms with Crippen molar-refractivity contribution in [2.45, 2.75) is 39.2 Å². The van der Waals surface area contributed by atoms with E-state index in [0.29, 0.717) is 17.9 Å². The zero-order valence-corrected chi connectivity index (χ0v) is 16.5. The third kappa shape index (κ3) is 4.17. The molecule has 0 bridgehead atoms. The van der Waals surface area contributed by atoms with E-state index in [4.69, 9.17) is 9.26 Å². The zero-order valence-electron chi connectivity index (χ0n) is 14.2. The molecule has 1 aromatic rings. The van der Waals surface area contributed by atoms with E-state index in [2.05, 4.69) is 34.2 Å². The Hall–Kier alpha value is -0.830. The van der Waals surface area contributed by atoms with Gasteiger partial charge in [-0.05, 0) is 18.8 Å². The molecule has 2 aliphatic heterocycles. The quantitative estimate of drug-likeness (QED) is 0.450. The standard InChI is InChI=1S/C16H26N4O2.HI/c1-12(2)14-8-13(22-19-14)9-18-15(17-3)20-6-4-16(10-20)5-7-21-11-16;/h8,12H,4-7,9-11H2,1-3H3,(H,17,18);1H. The summed E-state index contributed by atoms with van der Waals surface area (Å²) < 4.78 is 11.0. The number of nitrogens with zero attached hydrogens (tertiary/aromatic N) is 3. The maximum absolute atomic E-state index is 5.59. The molecule has 1 spiro atoms. The molecule has 0 amide bonds. The smallest absolute Gasteiger partial charge is 0.194 e. The van der Waals surface area contributed by atoms with Crippen LogP contribution < -0.4 is 5.32 Å². The first kappa shape index (κ1) is 18.5. The van der Waals surface area contributed by atoms with Crippen LogP contribution in [0.2, 0.25) is 0 Å². The lowest BCUT2D eigenvalue weighted by molar-refractivity contribution is 0.156. The van der Waals surface area contributed by atoms with E-state index in [0.717, 1.165) is 43.7 Å². The highest BCUT2D eigenvalue weighted by atomic mass is 127. The summed E-state index contributed by atoms with van der Waals surface area (Å²) >= 11 is 0. The van der Waals surface area contributed by atoms with E-state index in [1.54, 1.807) is 0 Å². The highest BCUT2D eigenvalue weighted by Gasteiger charge is 2.42. The van der Waals surface area contributed by atoms with Crippen LogP contribution in [0, 0.1) is 5.41 Å². The molecule has 0 radical (unpaired) electrons. The van der Waals surface area contributed by atoms with Gasteiger partial charge in [-0.1, -0.05) is 19.0 Å². The Labute approximate surface area is 155 Å². The summed E-state index contributed by atoms with van der Waals surface area (Å²) in [6, 6.07) is 2.02. The summed E-state index contributed by atoms with van der Waals surface area (Å²) in [7, 11) is 1.83. The molecular formula is C16H27IN4O2. The van der Waals surface area contributed by atoms with Crippen molar-refractivity contribution < 1.29 is 9.26 Å². The van der Waals surface area contributed by atoms with Crippen molar-refractivity contribution in [3.05, 3.63) is 17.5 Å². The van der Waals surface area contributed by atoms with Gasteiger partial charge in [0.15, 0.2) is 11.7 Å². The monoisotopic (exact) mass is 434 g/mol. The van der Waals surface area contributed by atoms with E-state index in [1.807, 2.05) is 13.1 Å². The molecule has 130 valence electrons. The Kier molecular flexibility index (Phi) is 6.30. The Morgan fingerprint density at radius 2 is 2.30 bits per heavy atom. The molecule has 3 heterocycles. The third-order valence-electron chi connectivity index (χ3n) is 4.72. The fourth-order valence-electron chi connectivity index (χ4n) is 3.27. The number of rotatable bonds is 3. The van der Waals surface area contributed by atoms with Gasteiger partial charge >= 0.3 is 0 Å². The van der Waals surface area contributed by atoms with Crippen LogP contribution in [0.15, 0.2) is 15.6 Å². The second kappa shape index (κ2) is 7.83. The molecule has 2 fully saturated rings. The van der Waals surface area contributed by atoms with Crippen molar-refractivity contribution in [3.8, 4) is 0 Å².